The van der Waals surface area contributed by atoms with E-state index < -0.39 is 0 Å². The van der Waals surface area contributed by atoms with Crippen LogP contribution in [0.3, 0.4) is 0 Å². The summed E-state index contributed by atoms with van der Waals surface area (Å²) in [6.45, 7) is 9.87. The number of rotatable bonds is 11. The molecule has 2 heteroatoms. The van der Waals surface area contributed by atoms with Crippen LogP contribution in [0.5, 0.6) is 0 Å². The zero-order valence-electron chi connectivity index (χ0n) is 13.6. The summed E-state index contributed by atoms with van der Waals surface area (Å²) >= 11 is 0. The second-order valence-corrected chi connectivity index (χ2v) is 5.55. The van der Waals surface area contributed by atoms with Gasteiger partial charge in [-0.05, 0) is 37.4 Å². The summed E-state index contributed by atoms with van der Waals surface area (Å²) in [6, 6.07) is 6.55. The number of aryl methyl sites for hydroxylation is 2. The molecule has 0 aliphatic heterocycles. The first kappa shape index (κ1) is 17.0. The van der Waals surface area contributed by atoms with E-state index in [2.05, 4.69) is 49.6 Å². The van der Waals surface area contributed by atoms with Crippen LogP contribution < -0.4 is 10.6 Å². The molecule has 1 aromatic rings. The molecule has 0 heterocycles. The highest BCUT2D eigenvalue weighted by atomic mass is 14.9. The molecule has 0 saturated heterocycles. The molecule has 0 saturated carbocycles. The van der Waals surface area contributed by atoms with Crippen molar-refractivity contribution in [2.45, 2.75) is 59.3 Å². The fraction of sp³-hybridized carbons (Fsp3) is 0.667. The third kappa shape index (κ3) is 6.42. The fourth-order valence-corrected chi connectivity index (χ4v) is 2.53. The van der Waals surface area contributed by atoms with Crippen molar-refractivity contribution in [1.29, 1.82) is 0 Å². The van der Waals surface area contributed by atoms with Gasteiger partial charge in [0.05, 0.1) is 0 Å². The Labute approximate surface area is 125 Å². The van der Waals surface area contributed by atoms with Crippen molar-refractivity contribution in [3.05, 3.63) is 29.3 Å². The lowest BCUT2D eigenvalue weighted by Gasteiger charge is -2.14. The van der Waals surface area contributed by atoms with Crippen LogP contribution in [0.2, 0.25) is 0 Å². The minimum atomic E-state index is 1.01. The van der Waals surface area contributed by atoms with Gasteiger partial charge in [0.15, 0.2) is 0 Å². The summed E-state index contributed by atoms with van der Waals surface area (Å²) in [7, 11) is 0. The molecule has 1 aromatic carbocycles. The van der Waals surface area contributed by atoms with Gasteiger partial charge in [0.1, 0.15) is 0 Å². The first-order valence-electron chi connectivity index (χ1n) is 8.32. The Morgan fingerprint density at radius 2 is 1.70 bits per heavy atom. The molecular weight excluding hydrogens is 244 g/mol. The first-order chi connectivity index (χ1) is 9.79. The molecule has 0 aromatic heterocycles. The largest absolute Gasteiger partial charge is 0.383 e. The Balaban J connectivity index is 2.12. The summed E-state index contributed by atoms with van der Waals surface area (Å²) in [5.41, 5.74) is 4.10. The van der Waals surface area contributed by atoms with Crippen LogP contribution in [0.4, 0.5) is 5.69 Å². The number of unbranched alkanes of at least 4 members (excludes halogenated alkanes) is 4. The average Bonchev–Trinajstić information content (AvgIpc) is 2.46. The zero-order valence-corrected chi connectivity index (χ0v) is 13.6. The zero-order chi connectivity index (χ0) is 14.6. The van der Waals surface area contributed by atoms with Crippen LogP contribution in [-0.2, 0) is 6.42 Å². The SMILES string of the molecule is CCCCCCCNCCNc1c(C)cccc1CC. The van der Waals surface area contributed by atoms with E-state index in [1.54, 1.807) is 0 Å². The van der Waals surface area contributed by atoms with E-state index in [9.17, 15) is 0 Å². The lowest BCUT2D eigenvalue weighted by Crippen LogP contribution is -2.23. The van der Waals surface area contributed by atoms with E-state index in [1.165, 1.54) is 48.9 Å². The van der Waals surface area contributed by atoms with Gasteiger partial charge in [-0.3, -0.25) is 0 Å². The minimum Gasteiger partial charge on any atom is -0.383 e. The van der Waals surface area contributed by atoms with Gasteiger partial charge in [0.25, 0.3) is 0 Å². The lowest BCUT2D eigenvalue weighted by molar-refractivity contribution is 0.589. The van der Waals surface area contributed by atoms with E-state index in [0.29, 0.717) is 0 Å². The summed E-state index contributed by atoms with van der Waals surface area (Å²) in [5, 5.41) is 7.11. The van der Waals surface area contributed by atoms with Crippen LogP contribution in [0.1, 0.15) is 57.1 Å². The maximum absolute atomic E-state index is 3.58. The van der Waals surface area contributed by atoms with Gasteiger partial charge in [0, 0.05) is 18.8 Å². The van der Waals surface area contributed by atoms with E-state index >= 15 is 0 Å². The maximum atomic E-state index is 3.58. The van der Waals surface area contributed by atoms with Crippen molar-refractivity contribution in [2.75, 3.05) is 25.0 Å². The van der Waals surface area contributed by atoms with Gasteiger partial charge < -0.3 is 10.6 Å². The number of benzene rings is 1. The Bertz CT molecular complexity index is 360. The Hall–Kier alpha value is -1.02. The Morgan fingerprint density at radius 3 is 2.45 bits per heavy atom. The number of hydrogen-bond acceptors (Lipinski definition) is 2. The maximum Gasteiger partial charge on any atom is 0.0402 e. The van der Waals surface area contributed by atoms with Gasteiger partial charge in [0.2, 0.25) is 0 Å². The van der Waals surface area contributed by atoms with E-state index in [0.717, 1.165) is 26.1 Å². The predicted octanol–water partition coefficient (Wildman–Crippen LogP) is 4.53. The highest BCUT2D eigenvalue weighted by Gasteiger charge is 2.02. The van der Waals surface area contributed by atoms with Gasteiger partial charge in [-0.15, -0.1) is 0 Å². The molecule has 0 radical (unpaired) electrons. The van der Waals surface area contributed by atoms with Crippen molar-refractivity contribution in [2.24, 2.45) is 0 Å². The summed E-state index contributed by atoms with van der Waals surface area (Å²) < 4.78 is 0. The van der Waals surface area contributed by atoms with Crippen molar-refractivity contribution < 1.29 is 0 Å². The summed E-state index contributed by atoms with van der Waals surface area (Å²) in [5.74, 6) is 0. The standard InChI is InChI=1S/C18H32N2/c1-4-6-7-8-9-13-19-14-15-20-18-16(3)11-10-12-17(18)5-2/h10-12,19-20H,4-9,13-15H2,1-3H3. The number of nitrogens with one attached hydrogen (secondary N) is 2. The molecule has 0 amide bonds. The molecule has 0 aliphatic rings. The van der Waals surface area contributed by atoms with Crippen LogP contribution in [-0.4, -0.2) is 19.6 Å². The smallest absolute Gasteiger partial charge is 0.0402 e. The average molecular weight is 276 g/mol. The Kier molecular flexibility index (Phi) is 9.14. The van der Waals surface area contributed by atoms with Crippen LogP contribution in [0.25, 0.3) is 0 Å². The lowest BCUT2D eigenvalue weighted by atomic mass is 10.1. The number of anilines is 1. The van der Waals surface area contributed by atoms with Gasteiger partial charge in [-0.1, -0.05) is 57.7 Å². The molecule has 0 aliphatic carbocycles. The van der Waals surface area contributed by atoms with E-state index in [-0.39, 0.29) is 0 Å². The third-order valence-corrected chi connectivity index (χ3v) is 3.80. The molecule has 0 atom stereocenters. The third-order valence-electron chi connectivity index (χ3n) is 3.80. The highest BCUT2D eigenvalue weighted by molar-refractivity contribution is 5.57. The first-order valence-corrected chi connectivity index (χ1v) is 8.32. The quantitative estimate of drug-likeness (QED) is 0.580. The predicted molar refractivity (Wildman–Crippen MR) is 90.7 cm³/mol. The fourth-order valence-electron chi connectivity index (χ4n) is 2.53. The van der Waals surface area contributed by atoms with E-state index in [4.69, 9.17) is 0 Å². The van der Waals surface area contributed by atoms with Crippen molar-refractivity contribution in [3.8, 4) is 0 Å². The second kappa shape index (κ2) is 10.7. The summed E-state index contributed by atoms with van der Waals surface area (Å²) in [6.07, 6.45) is 7.87. The molecule has 114 valence electrons. The van der Waals surface area contributed by atoms with Gasteiger partial charge >= 0.3 is 0 Å². The van der Waals surface area contributed by atoms with Crippen molar-refractivity contribution in [3.63, 3.8) is 0 Å². The Morgan fingerprint density at radius 1 is 0.900 bits per heavy atom. The molecule has 20 heavy (non-hydrogen) atoms. The highest BCUT2D eigenvalue weighted by Crippen LogP contribution is 2.20. The monoisotopic (exact) mass is 276 g/mol. The molecular formula is C18H32N2. The molecule has 0 bridgehead atoms. The van der Waals surface area contributed by atoms with Gasteiger partial charge in [-0.2, -0.15) is 0 Å². The molecule has 0 unspecified atom stereocenters. The normalized spacial score (nSPS) is 10.8. The van der Waals surface area contributed by atoms with Crippen LogP contribution >= 0.6 is 0 Å². The molecule has 0 spiro atoms. The molecule has 2 N–H and O–H groups in total. The number of para-hydroxylation sites is 1. The molecule has 0 fully saturated rings. The van der Waals surface area contributed by atoms with Crippen molar-refractivity contribution in [1.82, 2.24) is 5.32 Å². The van der Waals surface area contributed by atoms with Gasteiger partial charge in [-0.25, -0.2) is 0 Å². The van der Waals surface area contributed by atoms with E-state index in [1.807, 2.05) is 0 Å². The van der Waals surface area contributed by atoms with Crippen LogP contribution in [0, 0.1) is 6.92 Å². The second-order valence-electron chi connectivity index (χ2n) is 5.55. The number of hydrogen-bond donors (Lipinski definition) is 2. The van der Waals surface area contributed by atoms with Crippen molar-refractivity contribution >= 4 is 5.69 Å². The topological polar surface area (TPSA) is 24.1 Å². The molecule has 2 nitrogen and oxygen atoms in total. The van der Waals surface area contributed by atoms with Crippen LogP contribution in [0.15, 0.2) is 18.2 Å². The molecule has 1 rings (SSSR count). The minimum absolute atomic E-state index is 1.01. The summed E-state index contributed by atoms with van der Waals surface area (Å²) in [4.78, 5) is 0.